The van der Waals surface area contributed by atoms with E-state index in [1.165, 1.54) is 43.2 Å². The molecular formula is C23H27F3N6. The third kappa shape index (κ3) is 4.87. The fourth-order valence-corrected chi connectivity index (χ4v) is 4.30. The lowest BCUT2D eigenvalue weighted by molar-refractivity contribution is -0.137. The number of H-pyrrole nitrogens is 1. The van der Waals surface area contributed by atoms with Gasteiger partial charge in [-0.25, -0.2) is 4.98 Å². The number of alkyl halides is 3. The molecule has 1 aromatic carbocycles. The van der Waals surface area contributed by atoms with Crippen molar-refractivity contribution >= 4 is 23.3 Å². The van der Waals surface area contributed by atoms with Crippen LogP contribution in [0.3, 0.4) is 0 Å². The summed E-state index contributed by atoms with van der Waals surface area (Å²) in [6, 6.07) is 5.82. The molecule has 0 spiro atoms. The molecule has 1 fully saturated rings. The minimum absolute atomic E-state index is 0.0840. The lowest BCUT2D eigenvalue weighted by atomic mass is 9.81. The summed E-state index contributed by atoms with van der Waals surface area (Å²) < 4.78 is 40.5. The molecule has 2 heterocycles. The first-order valence-electron chi connectivity index (χ1n) is 10.8. The second-order valence-electron chi connectivity index (χ2n) is 8.50. The van der Waals surface area contributed by atoms with Gasteiger partial charge in [0.15, 0.2) is 5.82 Å². The highest BCUT2D eigenvalue weighted by Gasteiger charge is 2.35. The van der Waals surface area contributed by atoms with Crippen LogP contribution in [0.1, 0.15) is 66.0 Å². The molecule has 0 amide bonds. The predicted octanol–water partition coefficient (Wildman–Crippen LogP) is 6.68. The molecule has 32 heavy (non-hydrogen) atoms. The Hall–Kier alpha value is -3.10. The zero-order chi connectivity index (χ0) is 22.9. The van der Waals surface area contributed by atoms with E-state index in [2.05, 4.69) is 43.8 Å². The number of halogens is 3. The summed E-state index contributed by atoms with van der Waals surface area (Å²) in [5.74, 6) is 0.559. The molecule has 6 nitrogen and oxygen atoms in total. The van der Waals surface area contributed by atoms with Gasteiger partial charge in [-0.3, -0.25) is 5.10 Å². The predicted molar refractivity (Wildman–Crippen MR) is 119 cm³/mol. The van der Waals surface area contributed by atoms with Gasteiger partial charge in [-0.1, -0.05) is 25.3 Å². The summed E-state index contributed by atoms with van der Waals surface area (Å²) in [4.78, 5) is 8.04. The highest BCUT2D eigenvalue weighted by molar-refractivity contribution is 5.64. The molecule has 2 aromatic heterocycles. The molecule has 1 aliphatic carbocycles. The molecule has 9 heteroatoms. The first-order valence-corrected chi connectivity index (χ1v) is 10.8. The summed E-state index contributed by atoms with van der Waals surface area (Å²) >= 11 is 0. The molecule has 0 unspecified atom stereocenters. The third-order valence-electron chi connectivity index (χ3n) is 5.95. The van der Waals surface area contributed by atoms with E-state index in [-0.39, 0.29) is 17.6 Å². The van der Waals surface area contributed by atoms with Gasteiger partial charge in [-0.05, 0) is 62.3 Å². The Balaban J connectivity index is 1.62. The van der Waals surface area contributed by atoms with E-state index < -0.39 is 11.7 Å². The monoisotopic (exact) mass is 444 g/mol. The van der Waals surface area contributed by atoms with Crippen molar-refractivity contribution in [2.45, 2.75) is 65.0 Å². The van der Waals surface area contributed by atoms with E-state index in [1.54, 1.807) is 13.0 Å². The molecule has 3 N–H and O–H groups in total. The van der Waals surface area contributed by atoms with Crippen LogP contribution in [0.25, 0.3) is 0 Å². The van der Waals surface area contributed by atoms with Gasteiger partial charge in [0, 0.05) is 23.6 Å². The fourth-order valence-electron chi connectivity index (χ4n) is 4.30. The maximum Gasteiger partial charge on any atom is 0.421 e. The smallest absolute Gasteiger partial charge is 0.324 e. The Labute approximate surface area is 185 Å². The molecule has 0 radical (unpaired) electrons. The number of benzene rings is 1. The number of anilines is 4. The van der Waals surface area contributed by atoms with Crippen LogP contribution in [0.2, 0.25) is 0 Å². The largest absolute Gasteiger partial charge is 0.421 e. The first kappa shape index (κ1) is 22.1. The second-order valence-corrected chi connectivity index (χ2v) is 8.50. The van der Waals surface area contributed by atoms with Crippen molar-refractivity contribution in [2.24, 2.45) is 0 Å². The van der Waals surface area contributed by atoms with Crippen molar-refractivity contribution < 1.29 is 13.2 Å². The van der Waals surface area contributed by atoms with Crippen LogP contribution in [0.4, 0.5) is 36.4 Å². The summed E-state index contributed by atoms with van der Waals surface area (Å²) in [5, 5.41) is 12.4. The van der Waals surface area contributed by atoms with Gasteiger partial charge in [0.05, 0.1) is 0 Å². The van der Waals surface area contributed by atoms with E-state index in [4.69, 9.17) is 0 Å². The molecule has 1 saturated carbocycles. The number of rotatable bonds is 5. The normalized spacial score (nSPS) is 15.1. The third-order valence-corrected chi connectivity index (χ3v) is 5.95. The number of hydrogen-bond acceptors (Lipinski definition) is 5. The van der Waals surface area contributed by atoms with Crippen molar-refractivity contribution in [1.29, 1.82) is 0 Å². The number of aromatic amines is 1. The van der Waals surface area contributed by atoms with Crippen LogP contribution in [0.15, 0.2) is 24.4 Å². The Morgan fingerprint density at radius 2 is 1.72 bits per heavy atom. The maximum absolute atomic E-state index is 13.5. The Bertz CT molecular complexity index is 1100. The number of nitrogens with zero attached hydrogens (tertiary/aromatic N) is 3. The maximum atomic E-state index is 13.5. The van der Waals surface area contributed by atoms with Gasteiger partial charge >= 0.3 is 6.18 Å². The van der Waals surface area contributed by atoms with Crippen molar-refractivity contribution in [3.8, 4) is 0 Å². The highest BCUT2D eigenvalue weighted by Crippen LogP contribution is 2.38. The van der Waals surface area contributed by atoms with Crippen molar-refractivity contribution in [3.63, 3.8) is 0 Å². The summed E-state index contributed by atoms with van der Waals surface area (Å²) in [5.41, 5.74) is 4.09. The van der Waals surface area contributed by atoms with E-state index in [0.29, 0.717) is 5.92 Å². The van der Waals surface area contributed by atoms with Crippen molar-refractivity contribution in [1.82, 2.24) is 20.2 Å². The molecule has 0 bridgehead atoms. The Morgan fingerprint density at radius 3 is 2.38 bits per heavy atom. The highest BCUT2D eigenvalue weighted by atomic mass is 19.4. The quantitative estimate of drug-likeness (QED) is 0.409. The molecule has 0 aliphatic heterocycles. The molecule has 0 atom stereocenters. The van der Waals surface area contributed by atoms with E-state index in [0.717, 1.165) is 23.1 Å². The SMILES string of the molecule is Cc1cc(Nc2nc(Nc3cc(C)c(C4CCCCC4)cc3C)ncc2C(F)(F)F)n[nH]1. The van der Waals surface area contributed by atoms with Gasteiger partial charge in [0.2, 0.25) is 5.95 Å². The average molecular weight is 445 g/mol. The number of nitrogens with one attached hydrogen (secondary N) is 3. The standard InChI is InChI=1S/C23H27F3N6/c1-13-10-19(14(2)9-17(13)16-7-5-4-6-8-16)28-22-27-12-18(23(24,25)26)21(30-22)29-20-11-15(3)31-32-20/h9-12,16H,4-8H2,1-3H3,(H3,27,28,29,30,31,32). The zero-order valence-electron chi connectivity index (χ0n) is 18.4. The minimum Gasteiger partial charge on any atom is -0.324 e. The minimum atomic E-state index is -4.60. The van der Waals surface area contributed by atoms with E-state index >= 15 is 0 Å². The van der Waals surface area contributed by atoms with Crippen LogP contribution < -0.4 is 10.6 Å². The topological polar surface area (TPSA) is 78.5 Å². The van der Waals surface area contributed by atoms with E-state index in [9.17, 15) is 13.2 Å². The van der Waals surface area contributed by atoms with Crippen LogP contribution >= 0.6 is 0 Å². The zero-order valence-corrected chi connectivity index (χ0v) is 18.4. The summed E-state index contributed by atoms with van der Waals surface area (Å²) in [6.07, 6.45) is 2.42. The number of aromatic nitrogens is 4. The Morgan fingerprint density at radius 1 is 0.969 bits per heavy atom. The average Bonchev–Trinajstić information content (AvgIpc) is 3.15. The molecule has 170 valence electrons. The molecule has 0 saturated heterocycles. The van der Waals surface area contributed by atoms with Crippen LogP contribution in [0, 0.1) is 20.8 Å². The lowest BCUT2D eigenvalue weighted by Gasteiger charge is -2.25. The van der Waals surface area contributed by atoms with Crippen LogP contribution in [0.5, 0.6) is 0 Å². The first-order chi connectivity index (χ1) is 15.2. The van der Waals surface area contributed by atoms with Crippen molar-refractivity contribution in [3.05, 3.63) is 52.3 Å². The van der Waals surface area contributed by atoms with Gasteiger partial charge in [-0.2, -0.15) is 23.3 Å². The second kappa shape index (κ2) is 8.80. The van der Waals surface area contributed by atoms with Crippen molar-refractivity contribution in [2.75, 3.05) is 10.6 Å². The molecule has 1 aliphatic rings. The lowest BCUT2D eigenvalue weighted by Crippen LogP contribution is -2.13. The van der Waals surface area contributed by atoms with Gasteiger partial charge in [0.1, 0.15) is 11.4 Å². The number of hydrogen-bond donors (Lipinski definition) is 3. The van der Waals surface area contributed by atoms with Crippen LogP contribution in [-0.4, -0.2) is 20.2 Å². The molecular weight excluding hydrogens is 417 g/mol. The molecule has 3 aromatic rings. The molecule has 4 rings (SSSR count). The van der Waals surface area contributed by atoms with Gasteiger partial charge < -0.3 is 10.6 Å². The van der Waals surface area contributed by atoms with E-state index in [1.807, 2.05) is 13.0 Å². The number of aryl methyl sites for hydroxylation is 3. The van der Waals surface area contributed by atoms with Crippen LogP contribution in [-0.2, 0) is 6.18 Å². The van der Waals surface area contributed by atoms with Gasteiger partial charge in [0.25, 0.3) is 0 Å². The summed E-state index contributed by atoms with van der Waals surface area (Å²) in [7, 11) is 0. The Kier molecular flexibility index (Phi) is 6.08. The summed E-state index contributed by atoms with van der Waals surface area (Å²) in [6.45, 7) is 5.83. The van der Waals surface area contributed by atoms with Gasteiger partial charge in [-0.15, -0.1) is 0 Å². The fraction of sp³-hybridized carbons (Fsp3) is 0.435.